The standard InChI is InChI=1S/C19H25N3O2/c1-3-12-21(13-4-2)18(23)16-10-14-22(15-11-16)19(24)20-17-8-6-5-7-9-17/h3-9,16H,1-2,10-15H2,(H,20,24). The molecule has 0 spiro atoms. The molecule has 0 aromatic heterocycles. The van der Waals surface area contributed by atoms with Crippen molar-refractivity contribution in [3.63, 3.8) is 0 Å². The SMILES string of the molecule is C=CCN(CC=C)C(=O)C1CCN(C(=O)Nc2ccccc2)CC1. The summed E-state index contributed by atoms with van der Waals surface area (Å²) >= 11 is 0. The summed E-state index contributed by atoms with van der Waals surface area (Å²) in [4.78, 5) is 28.4. The van der Waals surface area contributed by atoms with Crippen molar-refractivity contribution in [1.82, 2.24) is 9.80 Å². The molecule has 1 heterocycles. The lowest BCUT2D eigenvalue weighted by atomic mass is 9.95. The molecular weight excluding hydrogens is 302 g/mol. The van der Waals surface area contributed by atoms with E-state index in [-0.39, 0.29) is 17.9 Å². The van der Waals surface area contributed by atoms with Crippen molar-refractivity contribution in [2.45, 2.75) is 12.8 Å². The van der Waals surface area contributed by atoms with Crippen LogP contribution in [-0.4, -0.2) is 47.9 Å². The molecule has 0 bridgehead atoms. The largest absolute Gasteiger partial charge is 0.335 e. The quantitative estimate of drug-likeness (QED) is 0.816. The van der Waals surface area contributed by atoms with E-state index in [2.05, 4.69) is 18.5 Å². The Kier molecular flexibility index (Phi) is 6.61. The molecule has 1 aromatic rings. The third-order valence-corrected chi connectivity index (χ3v) is 4.17. The Labute approximate surface area is 143 Å². The van der Waals surface area contributed by atoms with Crippen LogP contribution in [0.3, 0.4) is 0 Å². The minimum absolute atomic E-state index is 0.0364. The number of anilines is 1. The average Bonchev–Trinajstić information content (AvgIpc) is 2.62. The Morgan fingerprint density at radius 1 is 1.12 bits per heavy atom. The molecule has 24 heavy (non-hydrogen) atoms. The summed E-state index contributed by atoms with van der Waals surface area (Å²) in [5.41, 5.74) is 0.781. The predicted molar refractivity (Wildman–Crippen MR) is 96.7 cm³/mol. The van der Waals surface area contributed by atoms with Crippen molar-refractivity contribution < 1.29 is 9.59 Å². The number of piperidine rings is 1. The van der Waals surface area contributed by atoms with Crippen LogP contribution in [0.2, 0.25) is 0 Å². The van der Waals surface area contributed by atoms with E-state index in [9.17, 15) is 9.59 Å². The number of nitrogens with one attached hydrogen (secondary N) is 1. The number of likely N-dealkylation sites (tertiary alicyclic amines) is 1. The van der Waals surface area contributed by atoms with Crippen LogP contribution in [0, 0.1) is 5.92 Å². The Hall–Kier alpha value is -2.56. The lowest BCUT2D eigenvalue weighted by molar-refractivity contribution is -0.135. The van der Waals surface area contributed by atoms with Gasteiger partial charge in [0.05, 0.1) is 0 Å². The molecule has 0 saturated carbocycles. The van der Waals surface area contributed by atoms with E-state index in [1.54, 1.807) is 22.0 Å². The number of benzene rings is 1. The monoisotopic (exact) mass is 327 g/mol. The fraction of sp³-hybridized carbons (Fsp3) is 0.368. The third kappa shape index (κ3) is 4.72. The fourth-order valence-corrected chi connectivity index (χ4v) is 2.88. The molecule has 5 heteroatoms. The predicted octanol–water partition coefficient (Wildman–Crippen LogP) is 3.13. The number of nitrogens with zero attached hydrogens (tertiary/aromatic N) is 2. The van der Waals surface area contributed by atoms with Crippen molar-refractivity contribution in [2.75, 3.05) is 31.5 Å². The van der Waals surface area contributed by atoms with Crippen molar-refractivity contribution in [3.8, 4) is 0 Å². The number of carbonyl (C=O) groups excluding carboxylic acids is 2. The van der Waals surface area contributed by atoms with Crippen molar-refractivity contribution >= 4 is 17.6 Å². The van der Waals surface area contributed by atoms with Gasteiger partial charge < -0.3 is 15.1 Å². The summed E-state index contributed by atoms with van der Waals surface area (Å²) in [6.45, 7) is 9.62. The maximum atomic E-state index is 12.6. The van der Waals surface area contributed by atoms with Crippen LogP contribution in [-0.2, 0) is 4.79 Å². The van der Waals surface area contributed by atoms with E-state index in [1.165, 1.54) is 0 Å². The smallest absolute Gasteiger partial charge is 0.321 e. The van der Waals surface area contributed by atoms with Gasteiger partial charge in [-0.1, -0.05) is 30.4 Å². The zero-order valence-corrected chi connectivity index (χ0v) is 14.0. The molecule has 2 rings (SSSR count). The topological polar surface area (TPSA) is 52.7 Å². The van der Waals surface area contributed by atoms with Gasteiger partial charge in [-0.3, -0.25) is 4.79 Å². The first kappa shape index (κ1) is 17.8. The summed E-state index contributed by atoms with van der Waals surface area (Å²) in [5.74, 6) is 0.0867. The third-order valence-electron chi connectivity index (χ3n) is 4.17. The number of hydrogen-bond acceptors (Lipinski definition) is 2. The molecule has 0 radical (unpaired) electrons. The summed E-state index contributed by atoms with van der Waals surface area (Å²) < 4.78 is 0. The summed E-state index contributed by atoms with van der Waals surface area (Å²) in [6.07, 6.45) is 4.82. The molecule has 1 saturated heterocycles. The molecule has 1 aliphatic heterocycles. The number of carbonyl (C=O) groups is 2. The van der Waals surface area contributed by atoms with Gasteiger partial charge >= 0.3 is 6.03 Å². The lowest BCUT2D eigenvalue weighted by Gasteiger charge is -2.33. The number of urea groups is 1. The fourth-order valence-electron chi connectivity index (χ4n) is 2.88. The van der Waals surface area contributed by atoms with Crippen LogP contribution >= 0.6 is 0 Å². The molecule has 3 amide bonds. The minimum atomic E-state index is -0.110. The van der Waals surface area contributed by atoms with Gasteiger partial charge in [-0.2, -0.15) is 0 Å². The molecule has 1 aromatic carbocycles. The first-order chi connectivity index (χ1) is 11.7. The second-order valence-electron chi connectivity index (χ2n) is 5.88. The van der Waals surface area contributed by atoms with E-state index in [0.717, 1.165) is 5.69 Å². The van der Waals surface area contributed by atoms with Crippen LogP contribution in [0.25, 0.3) is 0 Å². The second kappa shape index (κ2) is 8.91. The molecule has 128 valence electrons. The highest BCUT2D eigenvalue weighted by molar-refractivity contribution is 5.89. The highest BCUT2D eigenvalue weighted by Gasteiger charge is 2.29. The molecular formula is C19H25N3O2. The Morgan fingerprint density at radius 2 is 1.71 bits per heavy atom. The number of rotatable bonds is 6. The number of hydrogen-bond donors (Lipinski definition) is 1. The minimum Gasteiger partial charge on any atom is -0.335 e. The van der Waals surface area contributed by atoms with E-state index >= 15 is 0 Å². The maximum absolute atomic E-state index is 12.6. The first-order valence-corrected chi connectivity index (χ1v) is 8.27. The first-order valence-electron chi connectivity index (χ1n) is 8.27. The van der Waals surface area contributed by atoms with Crippen LogP contribution < -0.4 is 5.32 Å². The van der Waals surface area contributed by atoms with E-state index in [1.807, 2.05) is 30.3 Å². The van der Waals surface area contributed by atoms with E-state index in [0.29, 0.717) is 39.0 Å². The van der Waals surface area contributed by atoms with Crippen molar-refractivity contribution in [2.24, 2.45) is 5.92 Å². The molecule has 1 aliphatic rings. The van der Waals surface area contributed by atoms with Gasteiger partial charge in [-0.25, -0.2) is 4.79 Å². The number of amides is 3. The van der Waals surface area contributed by atoms with Crippen LogP contribution in [0.1, 0.15) is 12.8 Å². The summed E-state index contributed by atoms with van der Waals surface area (Å²) in [5, 5.41) is 2.88. The second-order valence-corrected chi connectivity index (χ2v) is 5.88. The zero-order valence-electron chi connectivity index (χ0n) is 14.0. The molecule has 5 nitrogen and oxygen atoms in total. The van der Waals surface area contributed by atoms with Gasteiger partial charge in [-0.15, -0.1) is 13.2 Å². The van der Waals surface area contributed by atoms with Gasteiger partial charge in [0.2, 0.25) is 5.91 Å². The van der Waals surface area contributed by atoms with Crippen LogP contribution in [0.5, 0.6) is 0 Å². The van der Waals surface area contributed by atoms with E-state index < -0.39 is 0 Å². The molecule has 1 fully saturated rings. The van der Waals surface area contributed by atoms with Crippen LogP contribution in [0.15, 0.2) is 55.6 Å². The maximum Gasteiger partial charge on any atom is 0.321 e. The van der Waals surface area contributed by atoms with Crippen molar-refractivity contribution in [1.29, 1.82) is 0 Å². The van der Waals surface area contributed by atoms with Gasteiger partial charge in [0, 0.05) is 37.8 Å². The van der Waals surface area contributed by atoms with Crippen molar-refractivity contribution in [3.05, 3.63) is 55.6 Å². The van der Waals surface area contributed by atoms with Gasteiger partial charge in [-0.05, 0) is 25.0 Å². The van der Waals surface area contributed by atoms with Crippen LogP contribution in [0.4, 0.5) is 10.5 Å². The molecule has 0 unspecified atom stereocenters. The Bertz CT molecular complexity index is 568. The number of para-hydroxylation sites is 1. The highest BCUT2D eigenvalue weighted by Crippen LogP contribution is 2.20. The molecule has 1 N–H and O–H groups in total. The Balaban J connectivity index is 1.86. The normalized spacial score (nSPS) is 14.8. The van der Waals surface area contributed by atoms with Gasteiger partial charge in [0.15, 0.2) is 0 Å². The Morgan fingerprint density at radius 3 is 2.25 bits per heavy atom. The summed E-state index contributed by atoms with van der Waals surface area (Å²) in [6, 6.07) is 9.28. The van der Waals surface area contributed by atoms with E-state index in [4.69, 9.17) is 0 Å². The molecule has 0 atom stereocenters. The zero-order chi connectivity index (χ0) is 17.4. The average molecular weight is 327 g/mol. The highest BCUT2D eigenvalue weighted by atomic mass is 16.2. The van der Waals surface area contributed by atoms with Gasteiger partial charge in [0.1, 0.15) is 0 Å². The summed E-state index contributed by atoms with van der Waals surface area (Å²) in [7, 11) is 0. The molecule has 0 aliphatic carbocycles. The van der Waals surface area contributed by atoms with Gasteiger partial charge in [0.25, 0.3) is 0 Å². The lowest BCUT2D eigenvalue weighted by Crippen LogP contribution is -2.45.